The Labute approximate surface area is 113 Å². The van der Waals surface area contributed by atoms with Crippen LogP contribution in [0.4, 0.5) is 0 Å². The average Bonchev–Trinajstić information content (AvgIpc) is 2.31. The maximum atomic E-state index is 11.3. The molecule has 1 unspecified atom stereocenters. The number of hydrogen-bond acceptors (Lipinski definition) is 5. The number of Topliss-reactive ketones (excluding diaryl/α,β-unsaturated/α-hetero) is 1. The van der Waals surface area contributed by atoms with Gasteiger partial charge in [-0.25, -0.2) is 0 Å². The van der Waals surface area contributed by atoms with Crippen molar-refractivity contribution in [3.63, 3.8) is 0 Å². The smallest absolute Gasteiger partial charge is 0.159 e. The minimum Gasteiger partial charge on any atom is -0.508 e. The second kappa shape index (κ2) is 7.23. The van der Waals surface area contributed by atoms with Gasteiger partial charge in [-0.1, -0.05) is 0 Å². The Hall–Kier alpha value is -1.43. The molecule has 0 amide bonds. The molecule has 1 aromatic carbocycles. The predicted octanol–water partition coefficient (Wildman–Crippen LogP) is 1.03. The van der Waals surface area contributed by atoms with E-state index in [1.807, 2.05) is 11.9 Å². The van der Waals surface area contributed by atoms with Gasteiger partial charge < -0.3 is 14.9 Å². The van der Waals surface area contributed by atoms with Gasteiger partial charge in [-0.15, -0.1) is 0 Å². The molecule has 0 aliphatic heterocycles. The van der Waals surface area contributed by atoms with Gasteiger partial charge in [0.25, 0.3) is 0 Å². The molecule has 0 heterocycles. The maximum Gasteiger partial charge on any atom is 0.159 e. The van der Waals surface area contributed by atoms with Crippen molar-refractivity contribution in [1.29, 1.82) is 0 Å². The zero-order chi connectivity index (χ0) is 14.4. The molecule has 0 aliphatic carbocycles. The molecule has 0 aliphatic rings. The summed E-state index contributed by atoms with van der Waals surface area (Å²) in [6.45, 7) is 2.64. The standard InChI is InChI=1S/C14H21NO4/c1-10(16)11-4-5-14(18)12(6-11)7-15(2)8-13(17)9-19-3/h4-6,13,17-18H,7-9H2,1-3H3. The van der Waals surface area contributed by atoms with E-state index in [0.29, 0.717) is 24.2 Å². The lowest BCUT2D eigenvalue weighted by Crippen LogP contribution is -2.31. The minimum absolute atomic E-state index is 0.0386. The van der Waals surface area contributed by atoms with E-state index in [4.69, 9.17) is 4.74 Å². The number of carbonyl (C=O) groups excluding carboxylic acids is 1. The highest BCUT2D eigenvalue weighted by Gasteiger charge is 2.11. The normalized spacial score (nSPS) is 12.7. The quantitative estimate of drug-likeness (QED) is 0.722. The van der Waals surface area contributed by atoms with E-state index in [0.717, 1.165) is 0 Å². The van der Waals surface area contributed by atoms with Gasteiger partial charge in [0, 0.05) is 31.3 Å². The molecule has 0 bridgehead atoms. The van der Waals surface area contributed by atoms with E-state index in [-0.39, 0.29) is 18.1 Å². The lowest BCUT2D eigenvalue weighted by molar-refractivity contribution is 0.0417. The number of methoxy groups -OCH3 is 1. The van der Waals surface area contributed by atoms with E-state index < -0.39 is 6.10 Å². The van der Waals surface area contributed by atoms with Gasteiger partial charge in [0.05, 0.1) is 12.7 Å². The summed E-state index contributed by atoms with van der Waals surface area (Å²) in [7, 11) is 3.37. The fourth-order valence-electron chi connectivity index (χ4n) is 1.89. The van der Waals surface area contributed by atoms with Crippen molar-refractivity contribution in [2.75, 3.05) is 27.3 Å². The van der Waals surface area contributed by atoms with Crippen molar-refractivity contribution in [3.8, 4) is 5.75 Å². The molecule has 5 heteroatoms. The summed E-state index contributed by atoms with van der Waals surface area (Å²) in [6, 6.07) is 4.79. The molecule has 2 N–H and O–H groups in total. The van der Waals surface area contributed by atoms with Crippen LogP contribution in [-0.4, -0.2) is 54.3 Å². The Balaban J connectivity index is 2.70. The molecule has 0 fully saturated rings. The SMILES string of the molecule is COCC(O)CN(C)Cc1cc(C(C)=O)ccc1O. The van der Waals surface area contributed by atoms with Crippen LogP contribution in [0, 0.1) is 0 Å². The van der Waals surface area contributed by atoms with Crippen LogP contribution in [0.3, 0.4) is 0 Å². The Bertz CT molecular complexity index is 433. The van der Waals surface area contributed by atoms with E-state index in [9.17, 15) is 15.0 Å². The summed E-state index contributed by atoms with van der Waals surface area (Å²) in [5.41, 5.74) is 1.23. The van der Waals surface area contributed by atoms with Crippen LogP contribution in [0.25, 0.3) is 0 Å². The number of ketones is 1. The molecule has 0 saturated carbocycles. The molecular weight excluding hydrogens is 246 g/mol. The first-order chi connectivity index (χ1) is 8.93. The van der Waals surface area contributed by atoms with Crippen LogP contribution in [0.1, 0.15) is 22.8 Å². The Morgan fingerprint density at radius 3 is 2.74 bits per heavy atom. The lowest BCUT2D eigenvalue weighted by Gasteiger charge is -2.20. The number of ether oxygens (including phenoxy) is 1. The van der Waals surface area contributed by atoms with Gasteiger partial charge in [-0.2, -0.15) is 0 Å². The number of aromatic hydroxyl groups is 1. The van der Waals surface area contributed by atoms with Crippen molar-refractivity contribution in [1.82, 2.24) is 4.90 Å². The molecule has 1 atom stereocenters. The van der Waals surface area contributed by atoms with Crippen molar-refractivity contribution >= 4 is 5.78 Å². The van der Waals surface area contributed by atoms with Crippen LogP contribution in [-0.2, 0) is 11.3 Å². The van der Waals surface area contributed by atoms with E-state index in [1.165, 1.54) is 20.1 Å². The first kappa shape index (κ1) is 15.6. The average molecular weight is 267 g/mol. The number of aliphatic hydroxyl groups is 1. The van der Waals surface area contributed by atoms with Crippen molar-refractivity contribution in [3.05, 3.63) is 29.3 Å². The van der Waals surface area contributed by atoms with Gasteiger partial charge in [-0.05, 0) is 32.2 Å². The third-order valence-corrected chi connectivity index (χ3v) is 2.81. The summed E-state index contributed by atoms with van der Waals surface area (Å²) in [5, 5.41) is 19.4. The summed E-state index contributed by atoms with van der Waals surface area (Å²) in [5.74, 6) is 0.112. The fourth-order valence-corrected chi connectivity index (χ4v) is 1.89. The highest BCUT2D eigenvalue weighted by atomic mass is 16.5. The summed E-state index contributed by atoms with van der Waals surface area (Å²) >= 11 is 0. The van der Waals surface area contributed by atoms with Crippen LogP contribution in [0.15, 0.2) is 18.2 Å². The molecule has 19 heavy (non-hydrogen) atoms. The number of benzene rings is 1. The molecule has 106 valence electrons. The Morgan fingerprint density at radius 1 is 1.47 bits per heavy atom. The number of carbonyl (C=O) groups is 1. The van der Waals surface area contributed by atoms with Crippen LogP contribution in [0.5, 0.6) is 5.75 Å². The highest BCUT2D eigenvalue weighted by molar-refractivity contribution is 5.94. The number of nitrogens with zero attached hydrogens (tertiary/aromatic N) is 1. The molecule has 5 nitrogen and oxygen atoms in total. The molecular formula is C14H21NO4. The largest absolute Gasteiger partial charge is 0.508 e. The van der Waals surface area contributed by atoms with E-state index in [1.54, 1.807) is 12.1 Å². The van der Waals surface area contributed by atoms with Gasteiger partial charge in [0.1, 0.15) is 5.75 Å². The van der Waals surface area contributed by atoms with Gasteiger partial charge >= 0.3 is 0 Å². The van der Waals surface area contributed by atoms with Crippen LogP contribution >= 0.6 is 0 Å². The van der Waals surface area contributed by atoms with Crippen molar-refractivity contribution in [2.24, 2.45) is 0 Å². The first-order valence-corrected chi connectivity index (χ1v) is 6.12. The number of aliphatic hydroxyl groups excluding tert-OH is 1. The van der Waals surface area contributed by atoms with Gasteiger partial charge in [0.15, 0.2) is 5.78 Å². The molecule has 1 rings (SSSR count). The molecule has 1 aromatic rings. The lowest BCUT2D eigenvalue weighted by atomic mass is 10.1. The highest BCUT2D eigenvalue weighted by Crippen LogP contribution is 2.20. The molecule has 0 radical (unpaired) electrons. The topological polar surface area (TPSA) is 70.0 Å². The number of phenols is 1. The number of likely N-dealkylation sites (N-methyl/N-ethyl adjacent to an activating group) is 1. The fraction of sp³-hybridized carbons (Fsp3) is 0.500. The number of rotatable bonds is 7. The Kier molecular flexibility index (Phi) is 5.95. The zero-order valence-electron chi connectivity index (χ0n) is 11.6. The van der Waals surface area contributed by atoms with E-state index >= 15 is 0 Å². The minimum atomic E-state index is -0.576. The van der Waals surface area contributed by atoms with Crippen LogP contribution in [0.2, 0.25) is 0 Å². The third-order valence-electron chi connectivity index (χ3n) is 2.81. The van der Waals surface area contributed by atoms with Crippen molar-refractivity contribution in [2.45, 2.75) is 19.6 Å². The number of phenolic OH excluding ortho intramolecular Hbond substituents is 1. The van der Waals surface area contributed by atoms with Crippen molar-refractivity contribution < 1.29 is 19.7 Å². The summed E-state index contributed by atoms with van der Waals surface area (Å²) in [4.78, 5) is 13.2. The molecule has 0 aromatic heterocycles. The van der Waals surface area contributed by atoms with Gasteiger partial charge in [-0.3, -0.25) is 9.69 Å². The van der Waals surface area contributed by atoms with Crippen LogP contribution < -0.4 is 0 Å². The van der Waals surface area contributed by atoms with Gasteiger partial charge in [0.2, 0.25) is 0 Å². The maximum absolute atomic E-state index is 11.3. The summed E-state index contributed by atoms with van der Waals surface area (Å²) in [6.07, 6.45) is -0.576. The molecule has 0 saturated heterocycles. The first-order valence-electron chi connectivity index (χ1n) is 6.12. The summed E-state index contributed by atoms with van der Waals surface area (Å²) < 4.78 is 4.86. The predicted molar refractivity (Wildman–Crippen MR) is 72.3 cm³/mol. The monoisotopic (exact) mass is 267 g/mol. The van der Waals surface area contributed by atoms with E-state index in [2.05, 4.69) is 0 Å². The molecule has 0 spiro atoms. The number of hydrogen-bond donors (Lipinski definition) is 2. The third kappa shape index (κ3) is 4.98. The Morgan fingerprint density at radius 2 is 2.16 bits per heavy atom. The zero-order valence-corrected chi connectivity index (χ0v) is 11.6. The second-order valence-corrected chi connectivity index (χ2v) is 4.71. The second-order valence-electron chi connectivity index (χ2n) is 4.71.